The highest BCUT2D eigenvalue weighted by molar-refractivity contribution is 7.89. The lowest BCUT2D eigenvalue weighted by Gasteiger charge is -2.31. The van der Waals surface area contributed by atoms with Gasteiger partial charge in [-0.1, -0.05) is 56.3 Å². The Morgan fingerprint density at radius 3 is 2.23 bits per heavy atom. The number of carbonyl (C=O) groups excluding carboxylic acids is 1. The molecular weight excluding hydrogens is 466 g/mol. The standard InChI is InChI=1S/C26H27N3O5S/c1-17(2)24(26(31)32)29(3)25(30)23(14-18-8-10-19(16-27)11-9-18)28-35(33,34)22-13-12-20-6-4-5-7-21(20)15-22/h4-13,15,17,23-24,28H,14H2,1-3H3,(H,31,32)/t23-,24-/m0/s1. The lowest BCUT2D eigenvalue weighted by Crippen LogP contribution is -2.54. The van der Waals surface area contributed by atoms with E-state index >= 15 is 0 Å². The van der Waals surface area contributed by atoms with E-state index in [1.54, 1.807) is 56.3 Å². The first-order valence-corrected chi connectivity index (χ1v) is 12.5. The molecule has 0 aliphatic rings. The number of carbonyl (C=O) groups is 2. The van der Waals surface area contributed by atoms with E-state index < -0.39 is 39.9 Å². The lowest BCUT2D eigenvalue weighted by molar-refractivity contribution is -0.151. The zero-order valence-corrected chi connectivity index (χ0v) is 20.5. The second kappa shape index (κ2) is 10.7. The molecule has 0 aliphatic heterocycles. The first kappa shape index (κ1) is 25.9. The molecule has 8 nitrogen and oxygen atoms in total. The highest BCUT2D eigenvalue weighted by Gasteiger charge is 2.35. The van der Waals surface area contributed by atoms with Crippen molar-refractivity contribution in [1.82, 2.24) is 9.62 Å². The SMILES string of the molecule is CC(C)[C@@H](C(=O)O)N(C)C(=O)[C@H](Cc1ccc(C#N)cc1)NS(=O)(=O)c1ccc2ccccc2c1. The normalized spacial score (nSPS) is 13.2. The Morgan fingerprint density at radius 2 is 1.66 bits per heavy atom. The summed E-state index contributed by atoms with van der Waals surface area (Å²) < 4.78 is 29.1. The molecule has 0 spiro atoms. The van der Waals surface area contributed by atoms with Gasteiger partial charge in [-0.3, -0.25) is 4.79 Å². The van der Waals surface area contributed by atoms with Gasteiger partial charge in [-0.05, 0) is 52.9 Å². The first-order chi connectivity index (χ1) is 16.5. The molecule has 2 atom stereocenters. The molecular formula is C26H27N3O5S. The molecule has 182 valence electrons. The van der Waals surface area contributed by atoms with Gasteiger partial charge in [0.2, 0.25) is 15.9 Å². The van der Waals surface area contributed by atoms with Crippen molar-refractivity contribution in [3.63, 3.8) is 0 Å². The van der Waals surface area contributed by atoms with E-state index in [4.69, 9.17) is 5.26 Å². The van der Waals surface area contributed by atoms with Crippen LogP contribution in [0.25, 0.3) is 10.8 Å². The van der Waals surface area contributed by atoms with E-state index in [1.807, 2.05) is 18.2 Å². The number of hydrogen-bond donors (Lipinski definition) is 2. The fraction of sp³-hybridized carbons (Fsp3) is 0.269. The summed E-state index contributed by atoms with van der Waals surface area (Å²) in [7, 11) is -2.77. The number of nitrogens with one attached hydrogen (secondary N) is 1. The number of likely N-dealkylation sites (N-methyl/N-ethyl adjacent to an activating group) is 1. The van der Waals surface area contributed by atoms with Gasteiger partial charge in [0.05, 0.1) is 16.5 Å². The van der Waals surface area contributed by atoms with E-state index in [0.717, 1.165) is 15.7 Å². The molecule has 9 heteroatoms. The number of fused-ring (bicyclic) bond motifs is 1. The number of carboxylic acids is 1. The van der Waals surface area contributed by atoms with Crippen LogP contribution in [0, 0.1) is 17.2 Å². The number of amides is 1. The van der Waals surface area contributed by atoms with Crippen LogP contribution < -0.4 is 4.72 Å². The van der Waals surface area contributed by atoms with E-state index in [9.17, 15) is 23.1 Å². The number of nitriles is 1. The zero-order valence-electron chi connectivity index (χ0n) is 19.7. The molecule has 3 aromatic rings. The van der Waals surface area contributed by atoms with Crippen LogP contribution in [0.15, 0.2) is 71.6 Å². The first-order valence-electron chi connectivity index (χ1n) is 11.0. The Hall–Kier alpha value is -3.74. The predicted octanol–water partition coefficient (Wildman–Crippen LogP) is 3.17. The minimum atomic E-state index is -4.13. The summed E-state index contributed by atoms with van der Waals surface area (Å²) in [6.07, 6.45) is -0.0217. The molecule has 1 amide bonds. The van der Waals surface area contributed by atoms with E-state index in [0.29, 0.717) is 11.1 Å². The largest absolute Gasteiger partial charge is 0.480 e. The average molecular weight is 494 g/mol. The minimum absolute atomic E-state index is 0.00451. The van der Waals surface area contributed by atoms with Crippen molar-refractivity contribution >= 4 is 32.7 Å². The summed E-state index contributed by atoms with van der Waals surface area (Å²) in [5.74, 6) is -2.24. The molecule has 0 saturated heterocycles. The summed E-state index contributed by atoms with van der Waals surface area (Å²) in [5.41, 5.74) is 1.05. The topological polar surface area (TPSA) is 128 Å². The second-order valence-electron chi connectivity index (χ2n) is 8.67. The number of sulfonamides is 1. The van der Waals surface area contributed by atoms with Crippen LogP contribution in [0.1, 0.15) is 25.0 Å². The maximum absolute atomic E-state index is 13.4. The van der Waals surface area contributed by atoms with Gasteiger partial charge in [0.25, 0.3) is 0 Å². The Bertz CT molecular complexity index is 1380. The Kier molecular flexibility index (Phi) is 7.89. The van der Waals surface area contributed by atoms with Crippen LogP contribution in [-0.2, 0) is 26.0 Å². The van der Waals surface area contributed by atoms with Crippen molar-refractivity contribution in [2.75, 3.05) is 7.05 Å². The minimum Gasteiger partial charge on any atom is -0.480 e. The third-order valence-electron chi connectivity index (χ3n) is 5.80. The van der Waals surface area contributed by atoms with Crippen molar-refractivity contribution in [1.29, 1.82) is 5.26 Å². The van der Waals surface area contributed by atoms with Gasteiger partial charge in [-0.25, -0.2) is 13.2 Å². The van der Waals surface area contributed by atoms with Gasteiger partial charge in [-0.2, -0.15) is 9.98 Å². The Morgan fingerprint density at radius 1 is 1.03 bits per heavy atom. The van der Waals surface area contributed by atoms with Crippen LogP contribution in [0.5, 0.6) is 0 Å². The highest BCUT2D eigenvalue weighted by Crippen LogP contribution is 2.20. The molecule has 0 bridgehead atoms. The number of nitrogens with zero attached hydrogens (tertiary/aromatic N) is 2. The van der Waals surface area contributed by atoms with E-state index in [1.165, 1.54) is 19.2 Å². The van der Waals surface area contributed by atoms with E-state index in [2.05, 4.69) is 4.72 Å². The van der Waals surface area contributed by atoms with Gasteiger partial charge in [0.15, 0.2) is 0 Å². The molecule has 3 rings (SSSR count). The molecule has 0 aliphatic carbocycles. The van der Waals surface area contributed by atoms with Gasteiger partial charge < -0.3 is 10.0 Å². The van der Waals surface area contributed by atoms with Crippen LogP contribution in [-0.4, -0.2) is 49.4 Å². The average Bonchev–Trinajstić information content (AvgIpc) is 2.82. The molecule has 0 aromatic heterocycles. The fourth-order valence-electron chi connectivity index (χ4n) is 4.00. The molecule has 0 unspecified atom stereocenters. The second-order valence-corrected chi connectivity index (χ2v) is 10.4. The molecule has 0 saturated carbocycles. The molecule has 0 fully saturated rings. The summed E-state index contributed by atoms with van der Waals surface area (Å²) in [6, 6.07) is 18.0. The third-order valence-corrected chi connectivity index (χ3v) is 7.27. The predicted molar refractivity (Wildman–Crippen MR) is 132 cm³/mol. The van der Waals surface area contributed by atoms with Gasteiger partial charge >= 0.3 is 5.97 Å². The fourth-order valence-corrected chi connectivity index (χ4v) is 5.23. The molecule has 2 N–H and O–H groups in total. The van der Waals surface area contributed by atoms with Crippen molar-refractivity contribution in [3.05, 3.63) is 77.9 Å². The summed E-state index contributed by atoms with van der Waals surface area (Å²) >= 11 is 0. The van der Waals surface area contributed by atoms with Gasteiger partial charge in [0.1, 0.15) is 12.1 Å². The number of hydrogen-bond acceptors (Lipinski definition) is 5. The van der Waals surface area contributed by atoms with E-state index in [-0.39, 0.29) is 11.3 Å². The van der Waals surface area contributed by atoms with Gasteiger partial charge in [0, 0.05) is 7.05 Å². The van der Waals surface area contributed by atoms with Crippen molar-refractivity contribution in [3.8, 4) is 6.07 Å². The molecule has 3 aromatic carbocycles. The molecule has 0 heterocycles. The summed E-state index contributed by atoms with van der Waals surface area (Å²) in [5, 5.41) is 20.3. The van der Waals surface area contributed by atoms with Crippen LogP contribution in [0.4, 0.5) is 0 Å². The number of rotatable bonds is 9. The van der Waals surface area contributed by atoms with Crippen molar-refractivity contribution < 1.29 is 23.1 Å². The van der Waals surface area contributed by atoms with Crippen molar-refractivity contribution in [2.24, 2.45) is 5.92 Å². The number of benzene rings is 3. The smallest absolute Gasteiger partial charge is 0.326 e. The maximum Gasteiger partial charge on any atom is 0.326 e. The Labute approximate surface area is 204 Å². The van der Waals surface area contributed by atoms with Crippen LogP contribution >= 0.6 is 0 Å². The quantitative estimate of drug-likeness (QED) is 0.471. The zero-order chi connectivity index (χ0) is 25.8. The molecule has 35 heavy (non-hydrogen) atoms. The Balaban J connectivity index is 1.97. The lowest BCUT2D eigenvalue weighted by atomic mass is 10.00. The maximum atomic E-state index is 13.4. The third kappa shape index (κ3) is 6.04. The molecule has 0 radical (unpaired) electrons. The highest BCUT2D eigenvalue weighted by atomic mass is 32.2. The van der Waals surface area contributed by atoms with Crippen LogP contribution in [0.2, 0.25) is 0 Å². The summed E-state index contributed by atoms with van der Waals surface area (Å²) in [6.45, 7) is 3.36. The number of carboxylic acid groups (broad SMARTS) is 1. The van der Waals surface area contributed by atoms with Crippen LogP contribution in [0.3, 0.4) is 0 Å². The van der Waals surface area contributed by atoms with Crippen molar-refractivity contribution in [2.45, 2.75) is 37.2 Å². The monoisotopic (exact) mass is 493 g/mol. The number of aliphatic carboxylic acids is 1. The van der Waals surface area contributed by atoms with Gasteiger partial charge in [-0.15, -0.1) is 0 Å². The summed E-state index contributed by atoms with van der Waals surface area (Å²) in [4.78, 5) is 26.3.